The molecular formula is C21H25N5O4. The van der Waals surface area contributed by atoms with Crippen molar-refractivity contribution in [3.05, 3.63) is 47.6 Å². The molecule has 0 aliphatic carbocycles. The highest BCUT2D eigenvalue weighted by atomic mass is 16.5. The lowest BCUT2D eigenvalue weighted by Gasteiger charge is -2.16. The van der Waals surface area contributed by atoms with Crippen LogP contribution in [0.2, 0.25) is 0 Å². The molecule has 0 fully saturated rings. The van der Waals surface area contributed by atoms with Gasteiger partial charge in [0, 0.05) is 37.8 Å². The third kappa shape index (κ3) is 4.41. The number of ether oxygens (including phenoxy) is 2. The number of fused-ring (bicyclic) bond motifs is 1. The number of amides is 1. The number of aliphatic hydroxyl groups excluding tert-OH is 1. The highest BCUT2D eigenvalue weighted by molar-refractivity contribution is 6.02. The van der Waals surface area contributed by atoms with Crippen LogP contribution in [0, 0.1) is 0 Å². The van der Waals surface area contributed by atoms with Crippen molar-refractivity contribution in [2.24, 2.45) is 4.99 Å². The summed E-state index contributed by atoms with van der Waals surface area (Å²) >= 11 is 0. The Balaban J connectivity index is 1.88. The lowest BCUT2D eigenvalue weighted by Crippen LogP contribution is -2.27. The highest BCUT2D eigenvalue weighted by Crippen LogP contribution is 2.31. The number of hydrogen-bond acceptors (Lipinski definition) is 8. The van der Waals surface area contributed by atoms with Crippen LogP contribution in [0.4, 0.5) is 0 Å². The van der Waals surface area contributed by atoms with Gasteiger partial charge in [0.2, 0.25) is 0 Å². The fourth-order valence-corrected chi connectivity index (χ4v) is 3.08. The summed E-state index contributed by atoms with van der Waals surface area (Å²) in [6.07, 6.45) is 4.41. The fourth-order valence-electron chi connectivity index (χ4n) is 3.08. The van der Waals surface area contributed by atoms with Crippen molar-refractivity contribution in [2.45, 2.75) is 19.6 Å². The molecule has 0 radical (unpaired) electrons. The summed E-state index contributed by atoms with van der Waals surface area (Å²) in [6.45, 7) is 2.36. The van der Waals surface area contributed by atoms with Gasteiger partial charge in [0.05, 0.1) is 49.5 Å². The number of aliphatic imine (C=N–C) groups is 1. The second-order valence-corrected chi connectivity index (χ2v) is 6.73. The lowest BCUT2D eigenvalue weighted by atomic mass is 10.1. The van der Waals surface area contributed by atoms with Crippen molar-refractivity contribution in [2.75, 3.05) is 27.8 Å². The Kier molecular flexibility index (Phi) is 6.63. The zero-order valence-corrected chi connectivity index (χ0v) is 17.4. The van der Waals surface area contributed by atoms with Gasteiger partial charge < -0.3 is 19.9 Å². The van der Waals surface area contributed by atoms with Gasteiger partial charge in [-0.3, -0.25) is 19.7 Å². The van der Waals surface area contributed by atoms with Gasteiger partial charge in [0.1, 0.15) is 0 Å². The van der Waals surface area contributed by atoms with E-state index >= 15 is 0 Å². The molecule has 0 saturated carbocycles. The summed E-state index contributed by atoms with van der Waals surface area (Å²) in [5.74, 6) is 0.741. The van der Waals surface area contributed by atoms with Crippen LogP contribution < -0.4 is 14.8 Å². The number of pyridine rings is 2. The number of nitrogens with zero attached hydrogens (tertiary/aromatic N) is 4. The Morgan fingerprint density at radius 1 is 1.40 bits per heavy atom. The number of carbonyl (C=O) groups excluding carboxylic acids is 1. The quantitative estimate of drug-likeness (QED) is 0.636. The van der Waals surface area contributed by atoms with Crippen LogP contribution in [0.1, 0.15) is 23.0 Å². The molecule has 30 heavy (non-hydrogen) atoms. The molecule has 1 aliphatic heterocycles. The van der Waals surface area contributed by atoms with Crippen LogP contribution in [0.25, 0.3) is 11.3 Å². The smallest absolute Gasteiger partial charge is 0.260 e. The van der Waals surface area contributed by atoms with E-state index in [0.29, 0.717) is 47.4 Å². The summed E-state index contributed by atoms with van der Waals surface area (Å²) in [7, 11) is 4.71. The van der Waals surface area contributed by atoms with Crippen molar-refractivity contribution >= 4 is 12.1 Å². The van der Waals surface area contributed by atoms with Crippen LogP contribution in [0.3, 0.4) is 0 Å². The topological polar surface area (TPSA) is 109 Å². The van der Waals surface area contributed by atoms with Crippen LogP contribution in [-0.4, -0.2) is 66.0 Å². The zero-order valence-electron chi connectivity index (χ0n) is 17.4. The normalized spacial score (nSPS) is 14.8. The standard InChI is InChI=1S/C21H25N5O4/c1-13(27)8-23-11-15(10-22-2)26-12-18-16(21(26)28)5-6-17(25-18)14-7-19(29-3)20(30-4)24-9-14/h5-7,9-11,13,23,27H,8,12H2,1-4H3/b15-11+,22-10?. The number of rotatable bonds is 8. The van der Waals surface area contributed by atoms with Gasteiger partial charge in [-0.25, -0.2) is 4.98 Å². The van der Waals surface area contributed by atoms with Gasteiger partial charge >= 0.3 is 0 Å². The van der Waals surface area contributed by atoms with E-state index in [2.05, 4.69) is 20.3 Å². The lowest BCUT2D eigenvalue weighted by molar-refractivity contribution is 0.0834. The molecule has 1 amide bonds. The van der Waals surface area contributed by atoms with Gasteiger partial charge in [0.25, 0.3) is 11.8 Å². The van der Waals surface area contributed by atoms with E-state index in [4.69, 9.17) is 9.47 Å². The zero-order chi connectivity index (χ0) is 21.7. The second-order valence-electron chi connectivity index (χ2n) is 6.73. The van der Waals surface area contributed by atoms with Crippen LogP contribution in [0.5, 0.6) is 11.6 Å². The molecule has 0 spiro atoms. The number of methoxy groups -OCH3 is 2. The molecule has 0 aromatic carbocycles. The van der Waals surface area contributed by atoms with Crippen LogP contribution in [0.15, 0.2) is 41.3 Å². The van der Waals surface area contributed by atoms with Crippen molar-refractivity contribution in [3.8, 4) is 22.9 Å². The maximum atomic E-state index is 12.9. The first-order valence-corrected chi connectivity index (χ1v) is 9.42. The minimum absolute atomic E-state index is 0.153. The van der Waals surface area contributed by atoms with Gasteiger partial charge in [-0.05, 0) is 25.1 Å². The SMILES string of the molecule is CN=C/C(=C\NCC(C)O)N1Cc2nc(-c3cnc(OC)c(OC)c3)ccc2C1=O. The number of carbonyl (C=O) groups is 1. The van der Waals surface area contributed by atoms with Gasteiger partial charge in [-0.2, -0.15) is 0 Å². The number of aliphatic hydroxyl groups is 1. The molecule has 9 heteroatoms. The van der Waals surface area contributed by atoms with Crippen molar-refractivity contribution in [3.63, 3.8) is 0 Å². The molecule has 0 bridgehead atoms. The van der Waals surface area contributed by atoms with Gasteiger partial charge in [-0.1, -0.05) is 0 Å². The van der Waals surface area contributed by atoms with E-state index in [1.165, 1.54) is 7.11 Å². The average Bonchev–Trinajstić information content (AvgIpc) is 3.08. The summed E-state index contributed by atoms with van der Waals surface area (Å²) in [5, 5.41) is 12.4. The molecule has 3 heterocycles. The number of nitrogens with one attached hydrogen (secondary N) is 1. The summed E-state index contributed by atoms with van der Waals surface area (Å²) in [5.41, 5.74) is 3.23. The fraction of sp³-hybridized carbons (Fsp3) is 0.333. The maximum absolute atomic E-state index is 12.9. The van der Waals surface area contributed by atoms with Gasteiger partial charge in [0.15, 0.2) is 5.75 Å². The Morgan fingerprint density at radius 3 is 2.87 bits per heavy atom. The van der Waals surface area contributed by atoms with Crippen molar-refractivity contribution < 1.29 is 19.4 Å². The first kappa shape index (κ1) is 21.3. The Bertz CT molecular complexity index is 987. The minimum atomic E-state index is -0.508. The van der Waals surface area contributed by atoms with E-state index < -0.39 is 6.10 Å². The van der Waals surface area contributed by atoms with Crippen LogP contribution >= 0.6 is 0 Å². The predicted octanol–water partition coefficient (Wildman–Crippen LogP) is 1.63. The number of hydrogen-bond donors (Lipinski definition) is 2. The maximum Gasteiger partial charge on any atom is 0.260 e. The predicted molar refractivity (Wildman–Crippen MR) is 113 cm³/mol. The van der Waals surface area contributed by atoms with Crippen molar-refractivity contribution in [1.82, 2.24) is 20.2 Å². The molecular weight excluding hydrogens is 386 g/mol. The third-order valence-electron chi connectivity index (χ3n) is 4.52. The van der Waals surface area contributed by atoms with E-state index in [-0.39, 0.29) is 5.91 Å². The monoisotopic (exact) mass is 411 g/mol. The van der Waals surface area contributed by atoms with E-state index in [0.717, 1.165) is 5.56 Å². The minimum Gasteiger partial charge on any atom is -0.491 e. The largest absolute Gasteiger partial charge is 0.491 e. The molecule has 2 N–H and O–H groups in total. The molecule has 0 saturated heterocycles. The number of allylic oxidation sites excluding steroid dienone is 1. The molecule has 2 aromatic rings. The molecule has 9 nitrogen and oxygen atoms in total. The first-order valence-electron chi connectivity index (χ1n) is 9.42. The molecule has 1 unspecified atom stereocenters. The summed E-state index contributed by atoms with van der Waals surface area (Å²) in [6, 6.07) is 5.34. The Hall–Kier alpha value is -3.46. The highest BCUT2D eigenvalue weighted by Gasteiger charge is 2.31. The summed E-state index contributed by atoms with van der Waals surface area (Å²) in [4.78, 5) is 27.4. The van der Waals surface area contributed by atoms with E-state index in [1.807, 2.05) is 0 Å². The Labute approximate surface area is 175 Å². The molecule has 2 aromatic heterocycles. The van der Waals surface area contributed by atoms with Crippen LogP contribution in [-0.2, 0) is 6.54 Å². The molecule has 3 rings (SSSR count). The van der Waals surface area contributed by atoms with E-state index in [1.54, 1.807) is 62.8 Å². The number of aromatic nitrogens is 2. The van der Waals surface area contributed by atoms with E-state index in [9.17, 15) is 9.90 Å². The first-order chi connectivity index (χ1) is 14.5. The average molecular weight is 411 g/mol. The molecule has 1 aliphatic rings. The second kappa shape index (κ2) is 9.36. The third-order valence-corrected chi connectivity index (χ3v) is 4.52. The Morgan fingerprint density at radius 2 is 2.20 bits per heavy atom. The van der Waals surface area contributed by atoms with Crippen molar-refractivity contribution in [1.29, 1.82) is 0 Å². The van der Waals surface area contributed by atoms with Gasteiger partial charge in [-0.15, -0.1) is 0 Å². The molecule has 1 atom stereocenters. The summed E-state index contributed by atoms with van der Waals surface area (Å²) < 4.78 is 10.5. The molecule has 158 valence electrons.